The zero-order chi connectivity index (χ0) is 9.68. The van der Waals surface area contributed by atoms with Crippen LogP contribution in [0.15, 0.2) is 28.7 Å². The Kier molecular flexibility index (Phi) is 3.79. The van der Waals surface area contributed by atoms with Crippen LogP contribution in [0.1, 0.15) is 11.1 Å². The molecule has 13 heavy (non-hydrogen) atoms. The highest BCUT2D eigenvalue weighted by atomic mass is 32.1. The van der Waals surface area contributed by atoms with Crippen molar-refractivity contribution in [3.05, 3.63) is 35.4 Å². The molecule has 0 aliphatic heterocycles. The molecule has 1 rings (SSSR count). The van der Waals surface area contributed by atoms with Gasteiger partial charge in [0.05, 0.1) is 0 Å². The zero-order valence-corrected chi connectivity index (χ0v) is 8.38. The van der Waals surface area contributed by atoms with E-state index in [2.05, 4.69) is 22.5 Å². The number of nitrogens with one attached hydrogen (secondary N) is 1. The van der Waals surface area contributed by atoms with Crippen LogP contribution >= 0.6 is 12.8 Å². The molecule has 0 aliphatic rings. The van der Waals surface area contributed by atoms with Gasteiger partial charge in [0.15, 0.2) is 0 Å². The summed E-state index contributed by atoms with van der Waals surface area (Å²) in [7, 11) is 1.91. The topological polar surface area (TPSA) is 50.4 Å². The highest BCUT2D eigenvalue weighted by Gasteiger charge is 1.96. The van der Waals surface area contributed by atoms with Gasteiger partial charge in [0.2, 0.25) is 0 Å². The number of benzene rings is 1. The number of hydrogen-bond acceptors (Lipinski definition) is 3. The molecule has 3 nitrogen and oxygen atoms in total. The Labute approximate surface area is 83.6 Å². The van der Waals surface area contributed by atoms with Gasteiger partial charge in [0, 0.05) is 12.1 Å². The van der Waals surface area contributed by atoms with Crippen molar-refractivity contribution in [3.8, 4) is 0 Å². The Balaban J connectivity index is 2.81. The van der Waals surface area contributed by atoms with Crippen molar-refractivity contribution < 1.29 is 0 Å². The fourth-order valence-corrected chi connectivity index (χ4v) is 1.17. The summed E-state index contributed by atoms with van der Waals surface area (Å²) < 4.78 is 3.61. The Morgan fingerprint density at radius 2 is 2.08 bits per heavy atom. The first kappa shape index (κ1) is 10.1. The summed E-state index contributed by atoms with van der Waals surface area (Å²) in [5.74, 6) is 0.444. The smallest absolute Gasteiger partial charge is 0.138 e. The molecular weight excluding hydrogens is 182 g/mol. The Morgan fingerprint density at radius 1 is 1.46 bits per heavy atom. The molecule has 1 aromatic rings. The standard InChI is InChI=1S/C9H13N3S/c1-11-6-7-2-4-8(5-3-7)9(10)12-13/h2-5,11,13H,6H2,1H3,(H2,10,12). The van der Waals surface area contributed by atoms with Crippen LogP contribution in [0, 0.1) is 0 Å². The third-order valence-electron chi connectivity index (χ3n) is 1.74. The van der Waals surface area contributed by atoms with Gasteiger partial charge < -0.3 is 11.1 Å². The highest BCUT2D eigenvalue weighted by molar-refractivity contribution is 7.79. The number of hydrogen-bond donors (Lipinski definition) is 3. The van der Waals surface area contributed by atoms with Crippen molar-refractivity contribution in [1.82, 2.24) is 5.32 Å². The van der Waals surface area contributed by atoms with E-state index < -0.39 is 0 Å². The van der Waals surface area contributed by atoms with Gasteiger partial charge in [0.25, 0.3) is 0 Å². The van der Waals surface area contributed by atoms with Gasteiger partial charge in [-0.3, -0.25) is 0 Å². The first-order chi connectivity index (χ1) is 6.27. The van der Waals surface area contributed by atoms with Crippen molar-refractivity contribution in [3.63, 3.8) is 0 Å². The van der Waals surface area contributed by atoms with Crippen LogP contribution in [0.5, 0.6) is 0 Å². The summed E-state index contributed by atoms with van der Waals surface area (Å²) in [6.45, 7) is 0.859. The first-order valence-electron chi connectivity index (χ1n) is 3.99. The predicted octanol–water partition coefficient (Wildman–Crippen LogP) is 0.956. The van der Waals surface area contributed by atoms with Crippen molar-refractivity contribution in [2.24, 2.45) is 10.1 Å². The normalized spacial score (nSPS) is 11.7. The van der Waals surface area contributed by atoms with Gasteiger partial charge in [-0.05, 0) is 25.4 Å². The predicted molar refractivity (Wildman–Crippen MR) is 58.9 cm³/mol. The summed E-state index contributed by atoms with van der Waals surface area (Å²) in [5.41, 5.74) is 7.69. The highest BCUT2D eigenvalue weighted by Crippen LogP contribution is 2.04. The molecule has 0 atom stereocenters. The van der Waals surface area contributed by atoms with E-state index in [4.69, 9.17) is 5.73 Å². The van der Waals surface area contributed by atoms with Crippen LogP contribution in [0.2, 0.25) is 0 Å². The van der Waals surface area contributed by atoms with Gasteiger partial charge in [-0.25, -0.2) is 4.40 Å². The van der Waals surface area contributed by atoms with Gasteiger partial charge in [-0.1, -0.05) is 24.3 Å². The van der Waals surface area contributed by atoms with E-state index in [1.165, 1.54) is 5.56 Å². The van der Waals surface area contributed by atoms with Gasteiger partial charge in [-0.2, -0.15) is 0 Å². The lowest BCUT2D eigenvalue weighted by Gasteiger charge is -2.02. The van der Waals surface area contributed by atoms with E-state index in [-0.39, 0.29) is 0 Å². The summed E-state index contributed by atoms with van der Waals surface area (Å²) >= 11 is 3.74. The molecule has 0 fully saturated rings. The maximum absolute atomic E-state index is 5.58. The minimum Gasteiger partial charge on any atom is -0.383 e. The van der Waals surface area contributed by atoms with Crippen LogP contribution in [0.25, 0.3) is 0 Å². The minimum atomic E-state index is 0.444. The third kappa shape index (κ3) is 2.75. The molecule has 0 saturated heterocycles. The molecule has 3 N–H and O–H groups in total. The molecule has 4 heteroatoms. The maximum atomic E-state index is 5.58. The van der Waals surface area contributed by atoms with E-state index in [1.54, 1.807) is 0 Å². The number of amidine groups is 1. The molecule has 0 unspecified atom stereocenters. The van der Waals surface area contributed by atoms with E-state index in [0.29, 0.717) is 5.84 Å². The van der Waals surface area contributed by atoms with Gasteiger partial charge in [0.1, 0.15) is 5.84 Å². The molecule has 0 bridgehead atoms. The van der Waals surface area contributed by atoms with Crippen LogP contribution in [-0.4, -0.2) is 12.9 Å². The van der Waals surface area contributed by atoms with Crippen LogP contribution < -0.4 is 11.1 Å². The Bertz CT molecular complexity index is 292. The number of rotatable bonds is 3. The molecular formula is C9H13N3S. The van der Waals surface area contributed by atoms with Crippen molar-refractivity contribution in [2.75, 3.05) is 7.05 Å². The van der Waals surface area contributed by atoms with Crippen LogP contribution in [-0.2, 0) is 6.54 Å². The summed E-state index contributed by atoms with van der Waals surface area (Å²) in [4.78, 5) is 0. The molecule has 0 heterocycles. The fourth-order valence-electron chi connectivity index (χ4n) is 1.06. The summed E-state index contributed by atoms with van der Waals surface area (Å²) in [6, 6.07) is 7.89. The van der Waals surface area contributed by atoms with E-state index >= 15 is 0 Å². The molecule has 0 spiro atoms. The number of nitrogens with two attached hydrogens (primary N) is 1. The van der Waals surface area contributed by atoms with Gasteiger partial charge in [-0.15, -0.1) is 0 Å². The zero-order valence-electron chi connectivity index (χ0n) is 7.49. The quantitative estimate of drug-likeness (QED) is 0.382. The third-order valence-corrected chi connectivity index (χ3v) is 1.95. The molecule has 0 saturated carbocycles. The average molecular weight is 195 g/mol. The average Bonchev–Trinajstić information content (AvgIpc) is 2.18. The van der Waals surface area contributed by atoms with Crippen molar-refractivity contribution in [2.45, 2.75) is 6.54 Å². The second-order valence-electron chi connectivity index (χ2n) is 2.71. The van der Waals surface area contributed by atoms with Crippen molar-refractivity contribution >= 4 is 18.7 Å². The second-order valence-corrected chi connectivity index (χ2v) is 2.91. The maximum Gasteiger partial charge on any atom is 0.138 e. The molecule has 0 aromatic heterocycles. The number of thiol groups is 1. The molecule has 0 amide bonds. The summed E-state index contributed by atoms with van der Waals surface area (Å²) in [5, 5.41) is 3.07. The van der Waals surface area contributed by atoms with Crippen molar-refractivity contribution in [1.29, 1.82) is 0 Å². The van der Waals surface area contributed by atoms with E-state index in [1.807, 2.05) is 31.3 Å². The Hall–Kier alpha value is -1.00. The van der Waals surface area contributed by atoms with Crippen LogP contribution in [0.3, 0.4) is 0 Å². The lowest BCUT2D eigenvalue weighted by atomic mass is 10.1. The first-order valence-corrected chi connectivity index (χ1v) is 4.39. The molecule has 0 aliphatic carbocycles. The van der Waals surface area contributed by atoms with Crippen LogP contribution in [0.4, 0.5) is 0 Å². The van der Waals surface area contributed by atoms with Gasteiger partial charge >= 0.3 is 0 Å². The van der Waals surface area contributed by atoms with E-state index in [0.717, 1.165) is 12.1 Å². The second kappa shape index (κ2) is 4.89. The molecule has 0 radical (unpaired) electrons. The Morgan fingerprint density at radius 3 is 2.54 bits per heavy atom. The largest absolute Gasteiger partial charge is 0.383 e. The fraction of sp³-hybridized carbons (Fsp3) is 0.222. The summed E-state index contributed by atoms with van der Waals surface area (Å²) in [6.07, 6.45) is 0. The monoisotopic (exact) mass is 195 g/mol. The lowest BCUT2D eigenvalue weighted by Crippen LogP contribution is -2.12. The SMILES string of the molecule is CNCc1ccc(/C(N)=N/S)cc1. The number of nitrogens with zero attached hydrogens (tertiary/aromatic N) is 1. The molecule has 70 valence electrons. The lowest BCUT2D eigenvalue weighted by molar-refractivity contribution is 0.818. The minimum absolute atomic E-state index is 0.444. The molecule has 1 aromatic carbocycles. The van der Waals surface area contributed by atoms with E-state index in [9.17, 15) is 0 Å².